The van der Waals surface area contributed by atoms with Crippen molar-refractivity contribution in [3.05, 3.63) is 59.8 Å². The number of nitrogen functional groups attached to an aromatic ring is 2. The molecule has 0 unspecified atom stereocenters. The Morgan fingerprint density at radius 3 is 2.56 bits per heavy atom. The number of nitrogens with zero attached hydrogens (tertiary/aromatic N) is 5. The number of halogens is 3. The standard InChI is InChI=1S/C19H13F3N8OS/c20-19(21,22)18-29-12(7-14(24)30-18)9-3-4-25-8-13(9)28-16(31)15-10(23)1-2-11(27-15)17-26-5-6-32-17/h1-8H,23H2,(H,28,31)(H2,24,29,30). The zero-order valence-corrected chi connectivity index (χ0v) is 16.8. The van der Waals surface area contributed by atoms with Gasteiger partial charge in [0, 0.05) is 29.4 Å². The molecule has 5 N–H and O–H groups in total. The molecule has 4 rings (SSSR count). The minimum absolute atomic E-state index is 0.0781. The van der Waals surface area contributed by atoms with Crippen molar-refractivity contribution < 1.29 is 18.0 Å². The second kappa shape index (κ2) is 8.19. The summed E-state index contributed by atoms with van der Waals surface area (Å²) < 4.78 is 39.3. The molecule has 4 heterocycles. The monoisotopic (exact) mass is 458 g/mol. The number of rotatable bonds is 4. The molecule has 0 atom stereocenters. The van der Waals surface area contributed by atoms with Crippen LogP contribution in [0.1, 0.15) is 16.3 Å². The van der Waals surface area contributed by atoms with E-state index in [9.17, 15) is 18.0 Å². The molecule has 1 amide bonds. The molecule has 0 saturated heterocycles. The van der Waals surface area contributed by atoms with Crippen molar-refractivity contribution in [2.24, 2.45) is 0 Å². The van der Waals surface area contributed by atoms with Crippen LogP contribution in [0, 0.1) is 0 Å². The van der Waals surface area contributed by atoms with Gasteiger partial charge in [0.1, 0.15) is 10.8 Å². The van der Waals surface area contributed by atoms with Crippen LogP contribution in [-0.4, -0.2) is 30.8 Å². The first kappa shape index (κ1) is 21.1. The van der Waals surface area contributed by atoms with Gasteiger partial charge in [0.05, 0.1) is 29.0 Å². The number of anilines is 3. The van der Waals surface area contributed by atoms with E-state index in [0.29, 0.717) is 10.7 Å². The summed E-state index contributed by atoms with van der Waals surface area (Å²) in [4.78, 5) is 32.0. The van der Waals surface area contributed by atoms with Crippen molar-refractivity contribution in [2.75, 3.05) is 16.8 Å². The molecule has 0 aliphatic carbocycles. The van der Waals surface area contributed by atoms with Crippen molar-refractivity contribution >= 4 is 34.4 Å². The van der Waals surface area contributed by atoms with E-state index in [-0.39, 0.29) is 34.1 Å². The fourth-order valence-electron chi connectivity index (χ4n) is 2.75. The number of thiazole rings is 1. The molecule has 0 saturated carbocycles. The Balaban J connectivity index is 1.70. The van der Waals surface area contributed by atoms with Gasteiger partial charge in [0.2, 0.25) is 5.82 Å². The van der Waals surface area contributed by atoms with E-state index in [0.717, 1.165) is 6.07 Å². The highest BCUT2D eigenvalue weighted by Crippen LogP contribution is 2.32. The Morgan fingerprint density at radius 1 is 1.03 bits per heavy atom. The first-order chi connectivity index (χ1) is 15.2. The maximum Gasteiger partial charge on any atom is 0.451 e. The van der Waals surface area contributed by atoms with Gasteiger partial charge in [-0.05, 0) is 18.2 Å². The minimum Gasteiger partial charge on any atom is -0.397 e. The fraction of sp³-hybridized carbons (Fsp3) is 0.0526. The van der Waals surface area contributed by atoms with E-state index >= 15 is 0 Å². The van der Waals surface area contributed by atoms with Crippen molar-refractivity contribution in [3.8, 4) is 22.0 Å². The van der Waals surface area contributed by atoms with E-state index in [2.05, 4.69) is 30.2 Å². The van der Waals surface area contributed by atoms with Crippen LogP contribution in [0.3, 0.4) is 0 Å². The summed E-state index contributed by atoms with van der Waals surface area (Å²) in [6.07, 6.45) is -0.594. The highest BCUT2D eigenvalue weighted by Gasteiger charge is 2.35. The number of nitrogens with one attached hydrogen (secondary N) is 1. The second-order valence-electron chi connectivity index (χ2n) is 6.35. The summed E-state index contributed by atoms with van der Waals surface area (Å²) in [5, 5.41) is 4.93. The zero-order chi connectivity index (χ0) is 22.9. The highest BCUT2D eigenvalue weighted by molar-refractivity contribution is 7.13. The topological polar surface area (TPSA) is 146 Å². The summed E-state index contributed by atoms with van der Waals surface area (Å²) in [5.74, 6) is -2.46. The maximum absolute atomic E-state index is 13.1. The maximum atomic E-state index is 13.1. The molecule has 0 radical (unpaired) electrons. The highest BCUT2D eigenvalue weighted by atomic mass is 32.1. The molecule has 0 spiro atoms. The number of aromatic nitrogens is 5. The third-order valence-corrected chi connectivity index (χ3v) is 4.93. The second-order valence-corrected chi connectivity index (χ2v) is 7.24. The quantitative estimate of drug-likeness (QED) is 0.421. The van der Waals surface area contributed by atoms with E-state index < -0.39 is 17.9 Å². The van der Waals surface area contributed by atoms with Crippen LogP contribution in [0.15, 0.2) is 48.2 Å². The molecular weight excluding hydrogens is 445 g/mol. The molecule has 162 valence electrons. The molecule has 32 heavy (non-hydrogen) atoms. The van der Waals surface area contributed by atoms with Crippen LogP contribution >= 0.6 is 11.3 Å². The van der Waals surface area contributed by atoms with E-state index in [1.165, 1.54) is 35.9 Å². The van der Waals surface area contributed by atoms with Gasteiger partial charge in [-0.25, -0.2) is 19.9 Å². The number of pyridine rings is 2. The number of hydrogen-bond acceptors (Lipinski definition) is 9. The van der Waals surface area contributed by atoms with Gasteiger partial charge < -0.3 is 16.8 Å². The average molecular weight is 458 g/mol. The van der Waals surface area contributed by atoms with Crippen molar-refractivity contribution in [1.29, 1.82) is 0 Å². The van der Waals surface area contributed by atoms with Gasteiger partial charge in [0.25, 0.3) is 5.91 Å². The normalized spacial score (nSPS) is 11.3. The SMILES string of the molecule is Nc1cc(-c2ccncc2NC(=O)c2nc(-c3nccs3)ccc2N)nc(C(F)(F)F)n1. The first-order valence-corrected chi connectivity index (χ1v) is 9.74. The third kappa shape index (κ3) is 4.32. The molecule has 0 aliphatic heterocycles. The zero-order valence-electron chi connectivity index (χ0n) is 16.0. The first-order valence-electron chi connectivity index (χ1n) is 8.86. The largest absolute Gasteiger partial charge is 0.451 e. The molecule has 0 aromatic carbocycles. The van der Waals surface area contributed by atoms with Crippen LogP contribution in [0.2, 0.25) is 0 Å². The van der Waals surface area contributed by atoms with Gasteiger partial charge in [-0.2, -0.15) is 13.2 Å². The van der Waals surface area contributed by atoms with Crippen molar-refractivity contribution in [2.45, 2.75) is 6.18 Å². The summed E-state index contributed by atoms with van der Waals surface area (Å²) in [5.41, 5.74) is 12.0. The Labute approximate surface area is 182 Å². The van der Waals surface area contributed by atoms with Gasteiger partial charge in [-0.1, -0.05) is 0 Å². The third-order valence-electron chi connectivity index (χ3n) is 4.14. The average Bonchev–Trinajstić information content (AvgIpc) is 3.28. The van der Waals surface area contributed by atoms with E-state index in [1.54, 1.807) is 17.6 Å². The summed E-state index contributed by atoms with van der Waals surface area (Å²) in [6, 6.07) is 5.70. The summed E-state index contributed by atoms with van der Waals surface area (Å²) in [7, 11) is 0. The van der Waals surface area contributed by atoms with Crippen LogP contribution < -0.4 is 16.8 Å². The van der Waals surface area contributed by atoms with Crippen molar-refractivity contribution in [3.63, 3.8) is 0 Å². The lowest BCUT2D eigenvalue weighted by Gasteiger charge is -2.13. The predicted molar refractivity (Wildman–Crippen MR) is 112 cm³/mol. The lowest BCUT2D eigenvalue weighted by molar-refractivity contribution is -0.144. The molecule has 4 aromatic heterocycles. The smallest absolute Gasteiger partial charge is 0.397 e. The summed E-state index contributed by atoms with van der Waals surface area (Å²) >= 11 is 1.34. The van der Waals surface area contributed by atoms with Gasteiger partial charge >= 0.3 is 6.18 Å². The lowest BCUT2D eigenvalue weighted by atomic mass is 10.1. The number of alkyl halides is 3. The minimum atomic E-state index is -4.80. The molecule has 9 nitrogen and oxygen atoms in total. The van der Waals surface area contributed by atoms with Gasteiger partial charge in [-0.3, -0.25) is 9.78 Å². The molecule has 0 bridgehead atoms. The van der Waals surface area contributed by atoms with E-state index in [1.807, 2.05) is 0 Å². The van der Waals surface area contributed by atoms with Gasteiger partial charge in [-0.15, -0.1) is 11.3 Å². The number of nitrogens with two attached hydrogens (primary N) is 2. The lowest BCUT2D eigenvalue weighted by Crippen LogP contribution is -2.17. The Bertz CT molecular complexity index is 1290. The summed E-state index contributed by atoms with van der Waals surface area (Å²) in [6.45, 7) is 0. The number of carbonyl (C=O) groups excluding carboxylic acids is 1. The molecule has 0 fully saturated rings. The van der Waals surface area contributed by atoms with Crippen molar-refractivity contribution in [1.82, 2.24) is 24.9 Å². The molecule has 4 aromatic rings. The molecular formula is C19H13F3N8OS. The Hall–Kier alpha value is -4.13. The molecule has 13 heteroatoms. The number of amides is 1. The van der Waals surface area contributed by atoms with Crippen LogP contribution in [0.4, 0.5) is 30.4 Å². The number of carbonyl (C=O) groups is 1. The van der Waals surface area contributed by atoms with Gasteiger partial charge in [0.15, 0.2) is 5.69 Å². The Kier molecular flexibility index (Phi) is 5.40. The van der Waals surface area contributed by atoms with Crippen LogP contribution in [-0.2, 0) is 6.18 Å². The van der Waals surface area contributed by atoms with E-state index in [4.69, 9.17) is 11.5 Å². The predicted octanol–water partition coefficient (Wildman–Crippen LogP) is 3.49. The Morgan fingerprint density at radius 2 is 1.84 bits per heavy atom. The fourth-order valence-corrected chi connectivity index (χ4v) is 3.36. The van der Waals surface area contributed by atoms with Crippen LogP contribution in [0.5, 0.6) is 0 Å². The van der Waals surface area contributed by atoms with Crippen LogP contribution in [0.25, 0.3) is 22.0 Å². The molecule has 0 aliphatic rings. The number of hydrogen-bond donors (Lipinski definition) is 3.